The molecule has 0 aliphatic rings. The second kappa shape index (κ2) is 6.16. The Labute approximate surface area is 58.0 Å². The summed E-state index contributed by atoms with van der Waals surface area (Å²) in [7, 11) is 0. The Kier molecular flexibility index (Phi) is 5.57. The molecule has 0 aromatic carbocycles. The van der Waals surface area contributed by atoms with Crippen LogP contribution in [0.25, 0.3) is 0 Å². The van der Waals surface area contributed by atoms with E-state index in [1.54, 1.807) is 0 Å². The summed E-state index contributed by atoms with van der Waals surface area (Å²) in [6, 6.07) is 0. The number of rotatable bonds is 3. The molecule has 0 rings (SSSR count). The molecular weight excluding hydrogens is 138 g/mol. The van der Waals surface area contributed by atoms with Crippen molar-refractivity contribution in [1.82, 2.24) is 0 Å². The summed E-state index contributed by atoms with van der Waals surface area (Å²) >= 11 is 0. The van der Waals surface area contributed by atoms with E-state index < -0.39 is 5.83 Å². The van der Waals surface area contributed by atoms with Gasteiger partial charge in [0.2, 0.25) is 0 Å². The van der Waals surface area contributed by atoms with Gasteiger partial charge in [-0.2, -0.15) is 0 Å². The van der Waals surface area contributed by atoms with Crippen LogP contribution in [0.15, 0.2) is 36.5 Å². The molecule has 0 aliphatic heterocycles. The van der Waals surface area contributed by atoms with Gasteiger partial charge in [-0.25, -0.2) is 8.78 Å². The van der Waals surface area contributed by atoms with E-state index in [0.717, 1.165) is 6.08 Å². The lowest BCUT2D eigenvalue weighted by Crippen LogP contribution is -1.68. The van der Waals surface area contributed by atoms with E-state index in [1.165, 1.54) is 12.2 Å². The fourth-order valence-corrected chi connectivity index (χ4v) is 0.337. The van der Waals surface area contributed by atoms with Gasteiger partial charge in [0, 0.05) is 6.08 Å². The quantitative estimate of drug-likeness (QED) is 0.602. The molecule has 0 amide bonds. The van der Waals surface area contributed by atoms with Gasteiger partial charge in [0.1, 0.15) is 5.83 Å². The first kappa shape index (κ1) is 9.04. The number of hydrogen-bond acceptors (Lipinski definition) is 1. The van der Waals surface area contributed by atoms with Crippen LogP contribution in [0.2, 0.25) is 0 Å². The second-order valence-corrected chi connectivity index (χ2v) is 1.45. The average molecular weight is 146 g/mol. The van der Waals surface area contributed by atoms with Gasteiger partial charge in [-0.15, -0.1) is 0 Å². The minimum absolute atomic E-state index is 0.110. The number of hydrogen-bond donors (Lipinski definition) is 1. The van der Waals surface area contributed by atoms with Gasteiger partial charge >= 0.3 is 0 Å². The SMILES string of the molecule is OC/C=C/C=C(F)\C=C\F. The lowest BCUT2D eigenvalue weighted by atomic mass is 10.4. The molecule has 0 radical (unpaired) electrons. The van der Waals surface area contributed by atoms with Crippen molar-refractivity contribution in [1.29, 1.82) is 0 Å². The molecule has 0 heterocycles. The first-order valence-corrected chi connectivity index (χ1v) is 2.71. The van der Waals surface area contributed by atoms with Gasteiger partial charge in [0.05, 0.1) is 12.9 Å². The van der Waals surface area contributed by atoms with Gasteiger partial charge in [0.15, 0.2) is 0 Å². The minimum atomic E-state index is -0.688. The van der Waals surface area contributed by atoms with Crippen molar-refractivity contribution in [2.75, 3.05) is 6.61 Å². The van der Waals surface area contributed by atoms with Gasteiger partial charge in [-0.3, -0.25) is 0 Å². The summed E-state index contributed by atoms with van der Waals surface area (Å²) in [6.07, 6.45) is 4.48. The molecule has 3 heteroatoms. The zero-order valence-electron chi connectivity index (χ0n) is 5.30. The molecule has 0 bridgehead atoms. The Balaban J connectivity index is 3.79. The first-order chi connectivity index (χ1) is 4.81. The Morgan fingerprint density at radius 2 is 2.20 bits per heavy atom. The summed E-state index contributed by atoms with van der Waals surface area (Å²) in [5.74, 6) is -0.688. The van der Waals surface area contributed by atoms with E-state index in [4.69, 9.17) is 5.11 Å². The standard InChI is InChI=1S/C7H8F2O/c8-5-4-7(9)3-1-2-6-10/h1-5,10H,6H2/b2-1+,5-4+,7-3+. The van der Waals surface area contributed by atoms with E-state index in [1.807, 2.05) is 0 Å². The fraction of sp³-hybridized carbons (Fsp3) is 0.143. The van der Waals surface area contributed by atoms with E-state index in [2.05, 4.69) is 0 Å². The molecule has 0 saturated carbocycles. The van der Waals surface area contributed by atoms with E-state index in [0.29, 0.717) is 6.08 Å². The van der Waals surface area contributed by atoms with Gasteiger partial charge in [0.25, 0.3) is 0 Å². The third-order valence-corrected chi connectivity index (χ3v) is 0.719. The van der Waals surface area contributed by atoms with E-state index in [9.17, 15) is 8.78 Å². The first-order valence-electron chi connectivity index (χ1n) is 2.71. The molecule has 0 fully saturated rings. The summed E-state index contributed by atoms with van der Waals surface area (Å²) < 4.78 is 23.3. The fourth-order valence-electron chi connectivity index (χ4n) is 0.337. The van der Waals surface area contributed by atoms with Crippen molar-refractivity contribution in [3.8, 4) is 0 Å². The normalized spacial score (nSPS) is 13.7. The molecule has 0 saturated heterocycles. The number of halogens is 2. The highest BCUT2D eigenvalue weighted by atomic mass is 19.1. The Bertz CT molecular complexity index is 159. The summed E-state index contributed by atoms with van der Waals surface area (Å²) in [6.45, 7) is -0.150. The molecule has 1 N–H and O–H groups in total. The van der Waals surface area contributed by atoms with Crippen LogP contribution in [0, 0.1) is 0 Å². The van der Waals surface area contributed by atoms with Crippen LogP contribution in [0.1, 0.15) is 0 Å². The van der Waals surface area contributed by atoms with Crippen molar-refractivity contribution in [2.24, 2.45) is 0 Å². The average Bonchev–Trinajstić information content (AvgIpc) is 1.89. The molecule has 0 aliphatic carbocycles. The van der Waals surface area contributed by atoms with Crippen LogP contribution in [0.4, 0.5) is 8.78 Å². The highest BCUT2D eigenvalue weighted by Gasteiger charge is 1.80. The maximum absolute atomic E-state index is 12.1. The molecular formula is C7H8F2O. The van der Waals surface area contributed by atoms with Crippen molar-refractivity contribution in [3.63, 3.8) is 0 Å². The maximum Gasteiger partial charge on any atom is 0.125 e. The van der Waals surface area contributed by atoms with E-state index in [-0.39, 0.29) is 12.9 Å². The predicted molar refractivity (Wildman–Crippen MR) is 35.7 cm³/mol. The summed E-state index contributed by atoms with van der Waals surface area (Å²) in [5, 5.41) is 8.18. The van der Waals surface area contributed by atoms with Crippen LogP contribution in [-0.2, 0) is 0 Å². The molecule has 0 spiro atoms. The Morgan fingerprint density at radius 3 is 2.70 bits per heavy atom. The highest BCUT2D eigenvalue weighted by Crippen LogP contribution is 1.98. The number of aliphatic hydroxyl groups is 1. The molecule has 56 valence electrons. The van der Waals surface area contributed by atoms with Crippen molar-refractivity contribution >= 4 is 0 Å². The zero-order chi connectivity index (χ0) is 7.82. The highest BCUT2D eigenvalue weighted by molar-refractivity contribution is 5.16. The minimum Gasteiger partial charge on any atom is -0.392 e. The van der Waals surface area contributed by atoms with Gasteiger partial charge in [-0.05, 0) is 6.08 Å². The molecule has 0 unspecified atom stereocenters. The lowest BCUT2D eigenvalue weighted by Gasteiger charge is -1.79. The Hall–Kier alpha value is -0.960. The maximum atomic E-state index is 12.1. The monoisotopic (exact) mass is 146 g/mol. The molecule has 0 aromatic rings. The second-order valence-electron chi connectivity index (χ2n) is 1.45. The van der Waals surface area contributed by atoms with Crippen molar-refractivity contribution < 1.29 is 13.9 Å². The zero-order valence-corrected chi connectivity index (χ0v) is 5.30. The van der Waals surface area contributed by atoms with Crippen LogP contribution in [0.5, 0.6) is 0 Å². The van der Waals surface area contributed by atoms with E-state index >= 15 is 0 Å². The van der Waals surface area contributed by atoms with Crippen molar-refractivity contribution in [3.05, 3.63) is 36.5 Å². The largest absolute Gasteiger partial charge is 0.392 e. The smallest absolute Gasteiger partial charge is 0.125 e. The summed E-state index contributed by atoms with van der Waals surface area (Å²) in [4.78, 5) is 0. The predicted octanol–water partition coefficient (Wildman–Crippen LogP) is 1.87. The third-order valence-electron chi connectivity index (χ3n) is 0.719. The van der Waals surface area contributed by atoms with Crippen LogP contribution >= 0.6 is 0 Å². The van der Waals surface area contributed by atoms with Crippen LogP contribution < -0.4 is 0 Å². The van der Waals surface area contributed by atoms with Crippen LogP contribution in [-0.4, -0.2) is 11.7 Å². The molecule has 0 atom stereocenters. The molecule has 0 aromatic heterocycles. The molecule has 1 nitrogen and oxygen atoms in total. The van der Waals surface area contributed by atoms with Gasteiger partial charge < -0.3 is 5.11 Å². The Morgan fingerprint density at radius 1 is 1.50 bits per heavy atom. The lowest BCUT2D eigenvalue weighted by molar-refractivity contribution is 0.343. The number of allylic oxidation sites excluding steroid dienone is 4. The molecule has 10 heavy (non-hydrogen) atoms. The number of aliphatic hydroxyl groups excluding tert-OH is 1. The van der Waals surface area contributed by atoms with Crippen molar-refractivity contribution in [2.45, 2.75) is 0 Å². The van der Waals surface area contributed by atoms with Gasteiger partial charge in [-0.1, -0.05) is 12.2 Å². The summed E-state index contributed by atoms with van der Waals surface area (Å²) in [5.41, 5.74) is 0. The third kappa shape index (κ3) is 5.18. The van der Waals surface area contributed by atoms with Crippen LogP contribution in [0.3, 0.4) is 0 Å². The topological polar surface area (TPSA) is 20.2 Å².